The molecule has 1 aliphatic heterocycles. The number of rotatable bonds is 4. The lowest BCUT2D eigenvalue weighted by Crippen LogP contribution is -2.44. The molecule has 23 heavy (non-hydrogen) atoms. The summed E-state index contributed by atoms with van der Waals surface area (Å²) >= 11 is 0. The maximum absolute atomic E-state index is 12.5. The highest BCUT2D eigenvalue weighted by molar-refractivity contribution is 5.81. The zero-order valence-corrected chi connectivity index (χ0v) is 14.2. The highest BCUT2D eigenvalue weighted by atomic mass is 16.2. The van der Waals surface area contributed by atoms with Crippen LogP contribution in [0.25, 0.3) is 0 Å². The molecule has 0 bridgehead atoms. The molecule has 2 aliphatic rings. The summed E-state index contributed by atoms with van der Waals surface area (Å²) in [5, 5.41) is 11.4. The van der Waals surface area contributed by atoms with Crippen LogP contribution in [0.15, 0.2) is 6.33 Å². The van der Waals surface area contributed by atoms with Crippen molar-refractivity contribution in [3.8, 4) is 0 Å². The highest BCUT2D eigenvalue weighted by Gasteiger charge is 2.25. The van der Waals surface area contributed by atoms with Crippen LogP contribution in [0.3, 0.4) is 0 Å². The van der Waals surface area contributed by atoms with Crippen molar-refractivity contribution in [1.82, 2.24) is 25.0 Å². The summed E-state index contributed by atoms with van der Waals surface area (Å²) < 4.78 is 2.18. The van der Waals surface area contributed by atoms with Gasteiger partial charge in [0, 0.05) is 6.04 Å². The van der Waals surface area contributed by atoms with Crippen LogP contribution in [0.1, 0.15) is 69.7 Å². The number of aromatic nitrogens is 3. The molecule has 1 saturated carbocycles. The SMILES string of the molecule is CN1CCCCC[C@@H]1C(=O)NCc1nncn1C1CCCCC1. The lowest BCUT2D eigenvalue weighted by atomic mass is 9.95. The zero-order valence-electron chi connectivity index (χ0n) is 14.2. The Hall–Kier alpha value is -1.43. The maximum Gasteiger partial charge on any atom is 0.237 e. The van der Waals surface area contributed by atoms with Gasteiger partial charge in [0.25, 0.3) is 0 Å². The van der Waals surface area contributed by atoms with E-state index in [-0.39, 0.29) is 11.9 Å². The summed E-state index contributed by atoms with van der Waals surface area (Å²) in [5.41, 5.74) is 0. The van der Waals surface area contributed by atoms with E-state index in [9.17, 15) is 4.79 Å². The van der Waals surface area contributed by atoms with Crippen LogP contribution in [0, 0.1) is 0 Å². The van der Waals surface area contributed by atoms with Crippen molar-refractivity contribution in [1.29, 1.82) is 0 Å². The average molecular weight is 319 g/mol. The molecule has 1 aromatic heterocycles. The van der Waals surface area contributed by atoms with Crippen LogP contribution in [0.2, 0.25) is 0 Å². The van der Waals surface area contributed by atoms with E-state index < -0.39 is 0 Å². The van der Waals surface area contributed by atoms with Gasteiger partial charge >= 0.3 is 0 Å². The number of hydrogen-bond acceptors (Lipinski definition) is 4. The van der Waals surface area contributed by atoms with Gasteiger partial charge in [-0.25, -0.2) is 0 Å². The predicted molar refractivity (Wildman–Crippen MR) is 88.9 cm³/mol. The van der Waals surface area contributed by atoms with Crippen molar-refractivity contribution in [2.75, 3.05) is 13.6 Å². The number of hydrogen-bond donors (Lipinski definition) is 1. The van der Waals surface area contributed by atoms with Crippen LogP contribution >= 0.6 is 0 Å². The molecule has 128 valence electrons. The number of likely N-dealkylation sites (N-methyl/N-ethyl adjacent to an activating group) is 1. The number of carbonyl (C=O) groups excluding carboxylic acids is 1. The summed E-state index contributed by atoms with van der Waals surface area (Å²) in [6.45, 7) is 1.50. The third-order valence-corrected chi connectivity index (χ3v) is 5.36. The number of nitrogens with one attached hydrogen (secondary N) is 1. The third kappa shape index (κ3) is 4.10. The second kappa shape index (κ2) is 7.90. The minimum atomic E-state index is 0.00329. The molecule has 1 atom stereocenters. The molecular weight excluding hydrogens is 290 g/mol. The Bertz CT molecular complexity index is 509. The Balaban J connectivity index is 1.57. The molecule has 1 aromatic rings. The van der Waals surface area contributed by atoms with Crippen LogP contribution in [0.4, 0.5) is 0 Å². The normalized spacial score (nSPS) is 24.3. The average Bonchev–Trinajstić information content (AvgIpc) is 2.94. The molecule has 0 radical (unpaired) electrons. The molecular formula is C17H29N5O. The van der Waals surface area contributed by atoms with Crippen molar-refractivity contribution >= 4 is 5.91 Å². The zero-order chi connectivity index (χ0) is 16.1. The van der Waals surface area contributed by atoms with Crippen molar-refractivity contribution in [3.05, 3.63) is 12.2 Å². The van der Waals surface area contributed by atoms with Gasteiger partial charge in [-0.3, -0.25) is 9.69 Å². The Morgan fingerprint density at radius 3 is 2.74 bits per heavy atom. The van der Waals surface area contributed by atoms with Gasteiger partial charge in [-0.05, 0) is 39.3 Å². The monoisotopic (exact) mass is 319 g/mol. The molecule has 1 aliphatic carbocycles. The number of carbonyl (C=O) groups is 1. The molecule has 6 heteroatoms. The highest BCUT2D eigenvalue weighted by Crippen LogP contribution is 2.28. The Morgan fingerprint density at radius 2 is 1.91 bits per heavy atom. The van der Waals surface area contributed by atoms with Gasteiger partial charge in [0.1, 0.15) is 6.33 Å². The number of nitrogens with zero attached hydrogens (tertiary/aromatic N) is 4. The van der Waals surface area contributed by atoms with E-state index in [4.69, 9.17) is 0 Å². The first kappa shape index (κ1) is 16.4. The Morgan fingerprint density at radius 1 is 1.17 bits per heavy atom. The largest absolute Gasteiger partial charge is 0.347 e. The van der Waals surface area contributed by atoms with Gasteiger partial charge in [0.2, 0.25) is 5.91 Å². The van der Waals surface area contributed by atoms with Gasteiger partial charge in [-0.15, -0.1) is 10.2 Å². The molecule has 0 unspecified atom stereocenters. The summed E-state index contributed by atoms with van der Waals surface area (Å²) in [5.74, 6) is 1.02. The van der Waals surface area contributed by atoms with Crippen LogP contribution in [-0.2, 0) is 11.3 Å². The first-order chi connectivity index (χ1) is 11.3. The minimum absolute atomic E-state index is 0.00329. The van der Waals surface area contributed by atoms with Gasteiger partial charge in [0.05, 0.1) is 12.6 Å². The number of likely N-dealkylation sites (tertiary alicyclic amines) is 1. The van der Waals surface area contributed by atoms with Crippen molar-refractivity contribution < 1.29 is 4.79 Å². The van der Waals surface area contributed by atoms with E-state index in [1.165, 1.54) is 44.9 Å². The number of amides is 1. The Labute approximate surface area is 138 Å². The smallest absolute Gasteiger partial charge is 0.237 e. The molecule has 2 fully saturated rings. The van der Waals surface area contributed by atoms with Gasteiger partial charge in [0.15, 0.2) is 5.82 Å². The fourth-order valence-corrected chi connectivity index (χ4v) is 3.92. The van der Waals surface area contributed by atoms with E-state index in [2.05, 4.69) is 32.0 Å². The van der Waals surface area contributed by atoms with E-state index in [0.29, 0.717) is 12.6 Å². The van der Waals surface area contributed by atoms with Gasteiger partial charge in [-0.1, -0.05) is 32.1 Å². The van der Waals surface area contributed by atoms with Crippen molar-refractivity contribution in [3.63, 3.8) is 0 Å². The topological polar surface area (TPSA) is 63.1 Å². The summed E-state index contributed by atoms with van der Waals surface area (Å²) in [6.07, 6.45) is 12.6. The van der Waals surface area contributed by atoms with Crippen molar-refractivity contribution in [2.24, 2.45) is 0 Å². The molecule has 0 spiro atoms. The summed E-state index contributed by atoms with van der Waals surface area (Å²) in [6, 6.07) is 0.509. The van der Waals surface area contributed by atoms with E-state index in [1.807, 2.05) is 6.33 Å². The molecule has 1 N–H and O–H groups in total. The molecule has 1 amide bonds. The quantitative estimate of drug-likeness (QED) is 0.925. The second-order valence-corrected chi connectivity index (χ2v) is 7.01. The Kier molecular flexibility index (Phi) is 5.65. The van der Waals surface area contributed by atoms with Gasteiger partial charge < -0.3 is 9.88 Å². The minimum Gasteiger partial charge on any atom is -0.347 e. The fraction of sp³-hybridized carbons (Fsp3) is 0.824. The summed E-state index contributed by atoms with van der Waals surface area (Å²) in [4.78, 5) is 14.7. The molecule has 6 nitrogen and oxygen atoms in total. The van der Waals surface area contributed by atoms with Crippen LogP contribution < -0.4 is 5.32 Å². The second-order valence-electron chi connectivity index (χ2n) is 7.01. The predicted octanol–water partition coefficient (Wildman–Crippen LogP) is 2.27. The molecule has 3 rings (SSSR count). The first-order valence-corrected chi connectivity index (χ1v) is 9.12. The maximum atomic E-state index is 12.5. The summed E-state index contributed by atoms with van der Waals surface area (Å²) in [7, 11) is 2.06. The van der Waals surface area contributed by atoms with E-state index >= 15 is 0 Å². The lowest BCUT2D eigenvalue weighted by Gasteiger charge is -2.26. The third-order valence-electron chi connectivity index (χ3n) is 5.36. The first-order valence-electron chi connectivity index (χ1n) is 9.12. The van der Waals surface area contributed by atoms with Crippen molar-refractivity contribution in [2.45, 2.75) is 76.4 Å². The standard InChI is InChI=1S/C17H29N5O/c1-21-11-7-3-6-10-15(21)17(23)18-12-16-20-19-13-22(16)14-8-4-2-5-9-14/h13-15H,2-12H2,1H3,(H,18,23)/t15-/m1/s1. The van der Waals surface area contributed by atoms with Crippen LogP contribution in [-0.4, -0.2) is 45.2 Å². The molecule has 1 saturated heterocycles. The van der Waals surface area contributed by atoms with Crippen LogP contribution in [0.5, 0.6) is 0 Å². The molecule has 0 aromatic carbocycles. The van der Waals surface area contributed by atoms with E-state index in [1.54, 1.807) is 0 Å². The van der Waals surface area contributed by atoms with E-state index in [0.717, 1.165) is 25.2 Å². The molecule has 2 heterocycles. The van der Waals surface area contributed by atoms with Gasteiger partial charge in [-0.2, -0.15) is 0 Å². The lowest BCUT2D eigenvalue weighted by molar-refractivity contribution is -0.126. The fourth-order valence-electron chi connectivity index (χ4n) is 3.92.